The number of hydrogen-bond donors (Lipinski definition) is 0. The third-order valence-corrected chi connectivity index (χ3v) is 5.61. The highest BCUT2D eigenvalue weighted by Crippen LogP contribution is 2.36. The third-order valence-electron chi connectivity index (χ3n) is 5.41. The minimum atomic E-state index is -3.16. The highest BCUT2D eigenvalue weighted by atomic mass is 35.5. The standard InChI is InChI=1S/C19H22ClF2N7/c1-11-6-15(25-17(24-11)19(3,21)22)29-13-7-14(20)23-8-12(13)16(26-29)28-9-18(2,10-28)27(4)5/h6-8H,9-10H2,1-5H3. The maximum absolute atomic E-state index is 13.9. The summed E-state index contributed by atoms with van der Waals surface area (Å²) in [6, 6.07) is 3.29. The number of anilines is 1. The third kappa shape index (κ3) is 3.42. The molecule has 1 aliphatic rings. The number of nitrogens with zero attached hydrogens (tertiary/aromatic N) is 7. The molecule has 3 aromatic heterocycles. The molecule has 0 atom stereocenters. The number of alkyl halides is 2. The summed E-state index contributed by atoms with van der Waals surface area (Å²) >= 11 is 6.11. The van der Waals surface area contributed by atoms with Crippen LogP contribution in [0, 0.1) is 6.92 Å². The number of aryl methyl sites for hydroxylation is 1. The Morgan fingerprint density at radius 3 is 2.52 bits per heavy atom. The van der Waals surface area contributed by atoms with E-state index >= 15 is 0 Å². The van der Waals surface area contributed by atoms with Crippen molar-refractivity contribution >= 4 is 28.3 Å². The zero-order chi connectivity index (χ0) is 21.1. The van der Waals surface area contributed by atoms with E-state index in [2.05, 4.69) is 31.7 Å². The smallest absolute Gasteiger partial charge is 0.303 e. The molecule has 4 heterocycles. The fourth-order valence-electron chi connectivity index (χ4n) is 3.44. The van der Waals surface area contributed by atoms with Gasteiger partial charge in [0.1, 0.15) is 5.15 Å². The molecule has 4 rings (SSSR count). The SMILES string of the molecule is Cc1cc(-n2nc(N3CC(C)(N(C)C)C3)c3cnc(Cl)cc32)nc(C(C)(F)F)n1. The lowest BCUT2D eigenvalue weighted by Gasteiger charge is -2.52. The lowest BCUT2D eigenvalue weighted by atomic mass is 9.91. The van der Waals surface area contributed by atoms with Gasteiger partial charge in [-0.15, -0.1) is 5.10 Å². The summed E-state index contributed by atoms with van der Waals surface area (Å²) in [6.45, 7) is 6.19. The van der Waals surface area contributed by atoms with Gasteiger partial charge < -0.3 is 9.80 Å². The summed E-state index contributed by atoms with van der Waals surface area (Å²) in [5, 5.41) is 5.78. The van der Waals surface area contributed by atoms with Gasteiger partial charge in [-0.3, -0.25) is 0 Å². The molecule has 7 nitrogen and oxygen atoms in total. The Kier molecular flexibility index (Phi) is 4.51. The van der Waals surface area contributed by atoms with Gasteiger partial charge in [0, 0.05) is 44.0 Å². The van der Waals surface area contributed by atoms with Gasteiger partial charge in [-0.05, 0) is 27.9 Å². The van der Waals surface area contributed by atoms with Gasteiger partial charge in [0.25, 0.3) is 0 Å². The minimum Gasteiger partial charge on any atom is -0.351 e. The molecule has 0 unspecified atom stereocenters. The van der Waals surface area contributed by atoms with Crippen molar-refractivity contribution in [2.75, 3.05) is 32.1 Å². The number of hydrogen-bond acceptors (Lipinski definition) is 6. The van der Waals surface area contributed by atoms with Crippen molar-refractivity contribution in [1.29, 1.82) is 0 Å². The van der Waals surface area contributed by atoms with E-state index in [1.54, 1.807) is 25.3 Å². The van der Waals surface area contributed by atoms with Crippen LogP contribution in [0.4, 0.5) is 14.6 Å². The van der Waals surface area contributed by atoms with E-state index in [1.807, 2.05) is 14.1 Å². The lowest BCUT2D eigenvalue weighted by molar-refractivity contribution is 0.00747. The Morgan fingerprint density at radius 2 is 1.90 bits per heavy atom. The van der Waals surface area contributed by atoms with Crippen molar-refractivity contribution in [2.24, 2.45) is 0 Å². The Hall–Kier alpha value is -2.39. The monoisotopic (exact) mass is 421 g/mol. The van der Waals surface area contributed by atoms with E-state index in [-0.39, 0.29) is 11.4 Å². The second kappa shape index (κ2) is 6.56. The molecule has 0 N–H and O–H groups in total. The molecule has 0 bridgehead atoms. The molecule has 0 saturated carbocycles. The van der Waals surface area contributed by atoms with Crippen molar-refractivity contribution in [2.45, 2.75) is 32.2 Å². The average molecular weight is 422 g/mol. The highest BCUT2D eigenvalue weighted by molar-refractivity contribution is 6.30. The van der Waals surface area contributed by atoms with Crippen LogP contribution in [0.5, 0.6) is 0 Å². The van der Waals surface area contributed by atoms with Crippen molar-refractivity contribution < 1.29 is 8.78 Å². The van der Waals surface area contributed by atoms with Crippen LogP contribution in [0.15, 0.2) is 18.3 Å². The first-order chi connectivity index (χ1) is 13.5. The van der Waals surface area contributed by atoms with Gasteiger partial charge in [-0.25, -0.2) is 19.6 Å². The Bertz CT molecular complexity index is 1080. The molecule has 0 radical (unpaired) electrons. The minimum absolute atomic E-state index is 0.0406. The second-order valence-electron chi connectivity index (χ2n) is 8.09. The van der Waals surface area contributed by atoms with Crippen LogP contribution in [-0.2, 0) is 5.92 Å². The van der Waals surface area contributed by atoms with Gasteiger partial charge in [0.15, 0.2) is 11.6 Å². The molecule has 0 amide bonds. The van der Waals surface area contributed by atoms with Gasteiger partial charge in [0.2, 0.25) is 5.82 Å². The quantitative estimate of drug-likeness (QED) is 0.601. The first-order valence-corrected chi connectivity index (χ1v) is 9.57. The summed E-state index contributed by atoms with van der Waals surface area (Å²) in [4.78, 5) is 16.5. The van der Waals surface area contributed by atoms with Crippen molar-refractivity contribution in [3.63, 3.8) is 0 Å². The van der Waals surface area contributed by atoms with E-state index in [0.29, 0.717) is 16.4 Å². The van der Waals surface area contributed by atoms with Crippen LogP contribution in [0.1, 0.15) is 25.4 Å². The zero-order valence-corrected chi connectivity index (χ0v) is 17.7. The summed E-state index contributed by atoms with van der Waals surface area (Å²) < 4.78 is 29.3. The molecule has 0 aliphatic carbocycles. The molecule has 1 fully saturated rings. The van der Waals surface area contributed by atoms with Crippen molar-refractivity contribution in [3.8, 4) is 5.82 Å². The summed E-state index contributed by atoms with van der Waals surface area (Å²) in [7, 11) is 4.09. The van der Waals surface area contributed by atoms with Crippen LogP contribution in [-0.4, -0.2) is 62.4 Å². The fraction of sp³-hybridized carbons (Fsp3) is 0.474. The first kappa shape index (κ1) is 19.9. The van der Waals surface area contributed by atoms with E-state index in [0.717, 1.165) is 31.2 Å². The Labute approximate surface area is 172 Å². The summed E-state index contributed by atoms with van der Waals surface area (Å²) in [5.41, 5.74) is 1.13. The molecular formula is C19H22ClF2N7. The molecule has 1 saturated heterocycles. The predicted octanol–water partition coefficient (Wildman–Crippen LogP) is 3.42. The average Bonchev–Trinajstić information content (AvgIpc) is 2.95. The molecular weight excluding hydrogens is 400 g/mol. The van der Waals surface area contributed by atoms with Crippen molar-refractivity contribution in [1.82, 2.24) is 29.6 Å². The molecule has 0 aromatic carbocycles. The summed E-state index contributed by atoms with van der Waals surface area (Å²) in [6.07, 6.45) is 1.66. The Morgan fingerprint density at radius 1 is 1.21 bits per heavy atom. The topological polar surface area (TPSA) is 63.0 Å². The number of fused-ring (bicyclic) bond motifs is 1. The van der Waals surface area contributed by atoms with Gasteiger partial charge in [-0.1, -0.05) is 11.6 Å². The lowest BCUT2D eigenvalue weighted by Crippen LogP contribution is -2.67. The number of halogens is 3. The van der Waals surface area contributed by atoms with Crippen LogP contribution in [0.3, 0.4) is 0 Å². The molecule has 0 spiro atoms. The van der Waals surface area contributed by atoms with E-state index < -0.39 is 11.7 Å². The second-order valence-corrected chi connectivity index (χ2v) is 8.47. The van der Waals surface area contributed by atoms with Gasteiger partial charge in [-0.2, -0.15) is 8.78 Å². The molecule has 10 heteroatoms. The number of aromatic nitrogens is 5. The van der Waals surface area contributed by atoms with Gasteiger partial charge >= 0.3 is 5.92 Å². The molecule has 3 aromatic rings. The van der Waals surface area contributed by atoms with E-state index in [4.69, 9.17) is 16.7 Å². The predicted molar refractivity (Wildman–Crippen MR) is 108 cm³/mol. The first-order valence-electron chi connectivity index (χ1n) is 9.19. The molecule has 154 valence electrons. The van der Waals surface area contributed by atoms with Crippen LogP contribution in [0.2, 0.25) is 5.15 Å². The van der Waals surface area contributed by atoms with Gasteiger partial charge in [0.05, 0.1) is 16.4 Å². The number of rotatable bonds is 4. The maximum atomic E-state index is 13.9. The van der Waals surface area contributed by atoms with E-state index in [9.17, 15) is 8.78 Å². The molecule has 29 heavy (non-hydrogen) atoms. The normalized spacial score (nSPS) is 16.5. The van der Waals surface area contributed by atoms with Crippen LogP contribution < -0.4 is 4.90 Å². The number of likely N-dealkylation sites (N-methyl/N-ethyl adjacent to an activating group) is 1. The van der Waals surface area contributed by atoms with Crippen LogP contribution >= 0.6 is 11.6 Å². The molecule has 1 aliphatic heterocycles. The highest BCUT2D eigenvalue weighted by Gasteiger charge is 2.42. The largest absolute Gasteiger partial charge is 0.351 e. The van der Waals surface area contributed by atoms with Crippen molar-refractivity contribution in [3.05, 3.63) is 35.0 Å². The zero-order valence-electron chi connectivity index (χ0n) is 16.9. The summed E-state index contributed by atoms with van der Waals surface area (Å²) in [5.74, 6) is -2.70. The fourth-order valence-corrected chi connectivity index (χ4v) is 3.60. The van der Waals surface area contributed by atoms with Crippen LogP contribution in [0.25, 0.3) is 16.7 Å². The number of pyridine rings is 1. The maximum Gasteiger partial charge on any atom is 0.303 e. The van der Waals surface area contributed by atoms with E-state index in [1.165, 1.54) is 4.68 Å². The Balaban J connectivity index is 1.85.